The normalized spacial score (nSPS) is 21.9. The Kier molecular flexibility index (Phi) is 4.09. The van der Waals surface area contributed by atoms with Gasteiger partial charge < -0.3 is 5.32 Å². The molecule has 0 saturated carbocycles. The lowest BCUT2D eigenvalue weighted by Gasteiger charge is -2.26. The average molecular weight is 281 g/mol. The Hall–Kier alpha value is -2.03. The van der Waals surface area contributed by atoms with E-state index in [0.29, 0.717) is 5.92 Å². The minimum absolute atomic E-state index is 0.716. The molecule has 2 unspecified atom stereocenters. The van der Waals surface area contributed by atoms with E-state index in [2.05, 4.69) is 54.6 Å². The number of nitrogens with one attached hydrogen (secondary N) is 1. The lowest BCUT2D eigenvalue weighted by molar-refractivity contribution is 0.421. The summed E-state index contributed by atoms with van der Waals surface area (Å²) in [5.41, 5.74) is 3.82. The molecule has 0 amide bonds. The fraction of sp³-hybridized carbons (Fsp3) is 0.389. The maximum atomic E-state index is 4.24. The summed E-state index contributed by atoms with van der Waals surface area (Å²) in [5, 5.41) is 7.81. The summed E-state index contributed by atoms with van der Waals surface area (Å²) in [6.07, 6.45) is 8.68. The molecule has 1 N–H and O–H groups in total. The van der Waals surface area contributed by atoms with Crippen LogP contribution in [-0.2, 0) is 0 Å². The second-order valence-electron chi connectivity index (χ2n) is 6.17. The van der Waals surface area contributed by atoms with Crippen molar-refractivity contribution < 1.29 is 0 Å². The standard InChI is InChI=1S/C18H23N3/c1-14-10-15(2)12-16(11-14)13-19-17-4-6-18(7-5-17)21-9-3-8-20-21/h3-10,14,16,19H,11-13H2,1-2H3. The number of anilines is 1. The molecule has 1 heterocycles. The van der Waals surface area contributed by atoms with Gasteiger partial charge in [-0.25, -0.2) is 4.68 Å². The van der Waals surface area contributed by atoms with E-state index in [1.807, 2.05) is 16.9 Å². The SMILES string of the molecule is CC1=CC(C)CC(CNc2ccc(-n3cccn3)cc2)C1. The van der Waals surface area contributed by atoms with Crippen molar-refractivity contribution >= 4 is 5.69 Å². The molecule has 1 aliphatic carbocycles. The van der Waals surface area contributed by atoms with Crippen molar-refractivity contribution in [2.24, 2.45) is 11.8 Å². The van der Waals surface area contributed by atoms with Gasteiger partial charge in [0.25, 0.3) is 0 Å². The average Bonchev–Trinajstić information content (AvgIpc) is 2.99. The van der Waals surface area contributed by atoms with Gasteiger partial charge in [0.15, 0.2) is 0 Å². The molecule has 0 bridgehead atoms. The Bertz CT molecular complexity index is 596. The zero-order chi connectivity index (χ0) is 14.7. The highest BCUT2D eigenvalue weighted by atomic mass is 15.3. The van der Waals surface area contributed by atoms with Crippen molar-refractivity contribution in [3.63, 3.8) is 0 Å². The van der Waals surface area contributed by atoms with Crippen LogP contribution in [0.25, 0.3) is 5.69 Å². The Labute approximate surface area is 126 Å². The molecule has 0 fully saturated rings. The molecule has 2 atom stereocenters. The molecule has 21 heavy (non-hydrogen) atoms. The predicted octanol–water partition coefficient (Wildman–Crippen LogP) is 4.28. The van der Waals surface area contributed by atoms with Crippen LogP contribution in [-0.4, -0.2) is 16.3 Å². The molecule has 1 aromatic carbocycles. The minimum atomic E-state index is 0.716. The van der Waals surface area contributed by atoms with Crippen molar-refractivity contribution in [2.75, 3.05) is 11.9 Å². The monoisotopic (exact) mass is 281 g/mol. The lowest BCUT2D eigenvalue weighted by Crippen LogP contribution is -2.20. The van der Waals surface area contributed by atoms with Gasteiger partial charge in [-0.2, -0.15) is 5.10 Å². The summed E-state index contributed by atoms with van der Waals surface area (Å²) in [7, 11) is 0. The molecule has 2 aromatic rings. The fourth-order valence-corrected chi connectivity index (χ4v) is 3.26. The van der Waals surface area contributed by atoms with E-state index in [9.17, 15) is 0 Å². The van der Waals surface area contributed by atoms with Crippen LogP contribution in [0.3, 0.4) is 0 Å². The summed E-state index contributed by atoms with van der Waals surface area (Å²) in [6, 6.07) is 10.4. The topological polar surface area (TPSA) is 29.9 Å². The zero-order valence-corrected chi connectivity index (χ0v) is 12.8. The number of allylic oxidation sites excluding steroid dienone is 2. The van der Waals surface area contributed by atoms with Gasteiger partial charge in [0, 0.05) is 24.6 Å². The van der Waals surface area contributed by atoms with Gasteiger partial charge in [0.2, 0.25) is 0 Å². The lowest BCUT2D eigenvalue weighted by atomic mass is 9.84. The third kappa shape index (κ3) is 3.54. The van der Waals surface area contributed by atoms with Crippen LogP contribution in [0.15, 0.2) is 54.4 Å². The predicted molar refractivity (Wildman–Crippen MR) is 87.7 cm³/mol. The number of nitrogens with zero attached hydrogens (tertiary/aromatic N) is 2. The van der Waals surface area contributed by atoms with Crippen LogP contribution >= 0.6 is 0 Å². The summed E-state index contributed by atoms with van der Waals surface area (Å²) in [4.78, 5) is 0. The van der Waals surface area contributed by atoms with Crippen LogP contribution in [0.5, 0.6) is 0 Å². The molecular formula is C18H23N3. The van der Waals surface area contributed by atoms with Gasteiger partial charge in [-0.15, -0.1) is 0 Å². The molecule has 1 aromatic heterocycles. The molecule has 3 rings (SSSR count). The molecule has 1 aliphatic rings. The summed E-state index contributed by atoms with van der Waals surface area (Å²) < 4.78 is 1.88. The quantitative estimate of drug-likeness (QED) is 0.848. The highest BCUT2D eigenvalue weighted by Crippen LogP contribution is 2.28. The molecule has 0 radical (unpaired) electrons. The first kappa shape index (κ1) is 13.9. The molecule has 110 valence electrons. The molecule has 0 aliphatic heterocycles. The first-order valence-corrected chi connectivity index (χ1v) is 7.72. The van der Waals surface area contributed by atoms with E-state index >= 15 is 0 Å². The van der Waals surface area contributed by atoms with Crippen LogP contribution in [0.1, 0.15) is 26.7 Å². The van der Waals surface area contributed by atoms with Gasteiger partial charge in [0.1, 0.15) is 0 Å². The van der Waals surface area contributed by atoms with E-state index in [1.54, 1.807) is 6.20 Å². The molecule has 0 spiro atoms. The minimum Gasteiger partial charge on any atom is -0.385 e. The van der Waals surface area contributed by atoms with E-state index in [1.165, 1.54) is 24.1 Å². The Balaban J connectivity index is 1.58. The molecule has 3 nitrogen and oxygen atoms in total. The molecule has 0 saturated heterocycles. The highest BCUT2D eigenvalue weighted by Gasteiger charge is 2.17. The Morgan fingerprint density at radius 3 is 2.76 bits per heavy atom. The highest BCUT2D eigenvalue weighted by molar-refractivity contribution is 5.48. The maximum Gasteiger partial charge on any atom is 0.0647 e. The smallest absolute Gasteiger partial charge is 0.0647 e. The Morgan fingerprint density at radius 2 is 2.10 bits per heavy atom. The number of rotatable bonds is 4. The number of hydrogen-bond donors (Lipinski definition) is 1. The van der Waals surface area contributed by atoms with E-state index in [-0.39, 0.29) is 0 Å². The van der Waals surface area contributed by atoms with Gasteiger partial charge in [-0.1, -0.05) is 18.6 Å². The maximum absolute atomic E-state index is 4.24. The number of hydrogen-bond acceptors (Lipinski definition) is 2. The molecular weight excluding hydrogens is 258 g/mol. The second-order valence-corrected chi connectivity index (χ2v) is 6.17. The zero-order valence-electron chi connectivity index (χ0n) is 12.8. The van der Waals surface area contributed by atoms with Gasteiger partial charge in [-0.05, 0) is 61.9 Å². The number of aromatic nitrogens is 2. The third-order valence-corrected chi connectivity index (χ3v) is 4.12. The van der Waals surface area contributed by atoms with Gasteiger partial charge >= 0.3 is 0 Å². The van der Waals surface area contributed by atoms with E-state index < -0.39 is 0 Å². The van der Waals surface area contributed by atoms with Crippen molar-refractivity contribution in [3.05, 3.63) is 54.4 Å². The van der Waals surface area contributed by atoms with Crippen LogP contribution in [0.4, 0.5) is 5.69 Å². The first-order valence-electron chi connectivity index (χ1n) is 7.72. The van der Waals surface area contributed by atoms with E-state index in [0.717, 1.165) is 18.2 Å². The summed E-state index contributed by atoms with van der Waals surface area (Å²) in [6.45, 7) is 5.62. The van der Waals surface area contributed by atoms with Gasteiger partial charge in [0.05, 0.1) is 5.69 Å². The van der Waals surface area contributed by atoms with Gasteiger partial charge in [-0.3, -0.25) is 0 Å². The fourth-order valence-electron chi connectivity index (χ4n) is 3.26. The summed E-state index contributed by atoms with van der Waals surface area (Å²) in [5.74, 6) is 1.46. The van der Waals surface area contributed by atoms with Crippen LogP contribution < -0.4 is 5.32 Å². The van der Waals surface area contributed by atoms with Crippen molar-refractivity contribution in [1.82, 2.24) is 9.78 Å². The van der Waals surface area contributed by atoms with Crippen LogP contribution in [0, 0.1) is 11.8 Å². The van der Waals surface area contributed by atoms with E-state index in [4.69, 9.17) is 0 Å². The second kappa shape index (κ2) is 6.17. The third-order valence-electron chi connectivity index (χ3n) is 4.12. The van der Waals surface area contributed by atoms with Crippen LogP contribution in [0.2, 0.25) is 0 Å². The molecule has 3 heteroatoms. The van der Waals surface area contributed by atoms with Crippen molar-refractivity contribution in [3.8, 4) is 5.69 Å². The first-order chi connectivity index (χ1) is 10.2. The summed E-state index contributed by atoms with van der Waals surface area (Å²) >= 11 is 0. The van der Waals surface area contributed by atoms with Crippen molar-refractivity contribution in [2.45, 2.75) is 26.7 Å². The largest absolute Gasteiger partial charge is 0.385 e. The Morgan fingerprint density at radius 1 is 1.29 bits per heavy atom. The van der Waals surface area contributed by atoms with Crippen molar-refractivity contribution in [1.29, 1.82) is 0 Å². The number of benzene rings is 1.